The van der Waals surface area contributed by atoms with Gasteiger partial charge in [-0.1, -0.05) is 41.9 Å². The van der Waals surface area contributed by atoms with Crippen molar-refractivity contribution >= 4 is 17.3 Å². The van der Waals surface area contributed by atoms with E-state index >= 15 is 0 Å². The van der Waals surface area contributed by atoms with Crippen LogP contribution < -0.4 is 5.32 Å². The molecule has 0 spiro atoms. The van der Waals surface area contributed by atoms with Crippen LogP contribution in [0, 0.1) is 6.92 Å². The molecule has 0 radical (unpaired) electrons. The average molecular weight is 273 g/mol. The van der Waals surface area contributed by atoms with Crippen LogP contribution >= 0.6 is 11.6 Å². The van der Waals surface area contributed by atoms with Gasteiger partial charge in [-0.25, -0.2) is 4.98 Å². The third-order valence-corrected chi connectivity index (χ3v) is 4.05. The third-order valence-electron chi connectivity index (χ3n) is 3.74. The van der Waals surface area contributed by atoms with E-state index in [1.807, 2.05) is 6.92 Å². The average Bonchev–Trinajstić information content (AvgIpc) is 2.38. The first kappa shape index (κ1) is 12.5. The summed E-state index contributed by atoms with van der Waals surface area (Å²) in [6, 6.07) is 13.3. The molecule has 19 heavy (non-hydrogen) atoms. The van der Waals surface area contributed by atoms with Gasteiger partial charge in [0.25, 0.3) is 0 Å². The maximum Gasteiger partial charge on any atom is 0.152 e. The molecule has 0 aliphatic heterocycles. The number of anilines is 1. The fourth-order valence-corrected chi connectivity index (χ4v) is 2.76. The van der Waals surface area contributed by atoms with Crippen LogP contribution in [0.5, 0.6) is 0 Å². The smallest absolute Gasteiger partial charge is 0.152 e. The second-order valence-electron chi connectivity index (χ2n) is 5.27. The maximum absolute atomic E-state index is 6.10. The van der Waals surface area contributed by atoms with Gasteiger partial charge < -0.3 is 5.32 Å². The van der Waals surface area contributed by atoms with Gasteiger partial charge in [-0.3, -0.25) is 0 Å². The van der Waals surface area contributed by atoms with Crippen LogP contribution in [0.1, 0.15) is 29.9 Å². The van der Waals surface area contributed by atoms with Gasteiger partial charge in [0, 0.05) is 12.2 Å². The largest absolute Gasteiger partial charge is 0.380 e. The van der Waals surface area contributed by atoms with E-state index in [4.69, 9.17) is 11.6 Å². The number of nitrogens with one attached hydrogen (secondary N) is 1. The minimum atomic E-state index is 0.506. The summed E-state index contributed by atoms with van der Waals surface area (Å²) >= 11 is 6.10. The van der Waals surface area contributed by atoms with E-state index in [0.717, 1.165) is 24.1 Å². The molecule has 1 N–H and O–H groups in total. The molecule has 1 aromatic carbocycles. The highest BCUT2D eigenvalue weighted by atomic mass is 35.5. The first-order chi connectivity index (χ1) is 9.22. The lowest BCUT2D eigenvalue weighted by molar-refractivity contribution is 0.374. The quantitative estimate of drug-likeness (QED) is 0.838. The van der Waals surface area contributed by atoms with Crippen molar-refractivity contribution in [3.63, 3.8) is 0 Å². The molecule has 0 atom stereocenters. The third kappa shape index (κ3) is 2.74. The van der Waals surface area contributed by atoms with Crippen molar-refractivity contribution in [3.05, 3.63) is 58.9 Å². The van der Waals surface area contributed by atoms with Gasteiger partial charge in [0.15, 0.2) is 5.15 Å². The summed E-state index contributed by atoms with van der Waals surface area (Å²) in [5, 5.41) is 4.06. The van der Waals surface area contributed by atoms with Gasteiger partial charge in [-0.15, -0.1) is 0 Å². The van der Waals surface area contributed by atoms with Crippen molar-refractivity contribution < 1.29 is 0 Å². The number of hydrogen-bond donors (Lipinski definition) is 1. The number of hydrogen-bond acceptors (Lipinski definition) is 2. The molecule has 3 heteroatoms. The van der Waals surface area contributed by atoms with E-state index < -0.39 is 0 Å². The fourth-order valence-electron chi connectivity index (χ4n) is 2.61. The summed E-state index contributed by atoms with van der Waals surface area (Å²) in [7, 11) is 0. The SMILES string of the molecule is Cc1cnc(Cl)c(NC2CC(c3ccccc3)C2)c1. The Labute approximate surface area is 118 Å². The molecule has 1 fully saturated rings. The fraction of sp³-hybridized carbons (Fsp3) is 0.312. The van der Waals surface area contributed by atoms with E-state index in [-0.39, 0.29) is 0 Å². The summed E-state index contributed by atoms with van der Waals surface area (Å²) in [4.78, 5) is 4.17. The van der Waals surface area contributed by atoms with Crippen molar-refractivity contribution in [2.45, 2.75) is 31.7 Å². The van der Waals surface area contributed by atoms with Gasteiger partial charge in [0.1, 0.15) is 0 Å². The lowest BCUT2D eigenvalue weighted by Gasteiger charge is -2.37. The summed E-state index contributed by atoms with van der Waals surface area (Å²) < 4.78 is 0. The van der Waals surface area contributed by atoms with Crippen LogP contribution in [0.15, 0.2) is 42.6 Å². The minimum Gasteiger partial charge on any atom is -0.380 e. The molecule has 0 saturated heterocycles. The molecule has 0 amide bonds. The van der Waals surface area contributed by atoms with E-state index in [9.17, 15) is 0 Å². The Hall–Kier alpha value is -1.54. The Kier molecular flexibility index (Phi) is 3.43. The molecular formula is C16H17ClN2. The molecule has 3 rings (SSSR count). The summed E-state index contributed by atoms with van der Waals surface area (Å²) in [5.41, 5.74) is 3.53. The Balaban J connectivity index is 1.61. The van der Waals surface area contributed by atoms with Crippen LogP contribution in [0.25, 0.3) is 0 Å². The van der Waals surface area contributed by atoms with Gasteiger partial charge in [-0.05, 0) is 42.9 Å². The van der Waals surface area contributed by atoms with Crippen molar-refractivity contribution in [1.29, 1.82) is 0 Å². The molecular weight excluding hydrogens is 256 g/mol. The summed E-state index contributed by atoms with van der Waals surface area (Å²) in [6.07, 6.45) is 4.11. The normalized spacial score (nSPS) is 21.8. The van der Waals surface area contributed by atoms with E-state index in [1.54, 1.807) is 6.20 Å². The van der Waals surface area contributed by atoms with E-state index in [2.05, 4.69) is 46.7 Å². The number of benzene rings is 1. The Morgan fingerprint density at radius 1 is 1.21 bits per heavy atom. The van der Waals surface area contributed by atoms with Crippen LogP contribution in [-0.2, 0) is 0 Å². The molecule has 2 nitrogen and oxygen atoms in total. The number of halogens is 1. The second kappa shape index (κ2) is 5.22. The van der Waals surface area contributed by atoms with Gasteiger partial charge >= 0.3 is 0 Å². The number of aromatic nitrogens is 1. The topological polar surface area (TPSA) is 24.9 Å². The van der Waals surface area contributed by atoms with Crippen molar-refractivity contribution in [3.8, 4) is 0 Å². The van der Waals surface area contributed by atoms with Crippen LogP contribution in [0.3, 0.4) is 0 Å². The molecule has 1 aliphatic rings. The van der Waals surface area contributed by atoms with Gasteiger partial charge in [0.05, 0.1) is 5.69 Å². The standard InChI is InChI=1S/C16H17ClN2/c1-11-7-15(16(17)18-10-11)19-14-8-13(9-14)12-5-3-2-4-6-12/h2-7,10,13-14,19H,8-9H2,1H3. The van der Waals surface area contributed by atoms with Crippen molar-refractivity contribution in [2.24, 2.45) is 0 Å². The molecule has 1 heterocycles. The molecule has 1 aromatic heterocycles. The lowest BCUT2D eigenvalue weighted by atomic mass is 9.76. The highest BCUT2D eigenvalue weighted by Crippen LogP contribution is 2.39. The van der Waals surface area contributed by atoms with Gasteiger partial charge in [0.2, 0.25) is 0 Å². The number of pyridine rings is 1. The zero-order valence-electron chi connectivity index (χ0n) is 10.9. The van der Waals surface area contributed by atoms with Crippen LogP contribution in [0.2, 0.25) is 5.15 Å². The van der Waals surface area contributed by atoms with Crippen molar-refractivity contribution in [2.75, 3.05) is 5.32 Å². The second-order valence-corrected chi connectivity index (χ2v) is 5.63. The molecule has 98 valence electrons. The van der Waals surface area contributed by atoms with E-state index in [1.165, 1.54) is 5.56 Å². The first-order valence-electron chi connectivity index (χ1n) is 6.66. The highest BCUT2D eigenvalue weighted by molar-refractivity contribution is 6.32. The first-order valence-corrected chi connectivity index (χ1v) is 7.04. The summed E-state index contributed by atoms with van der Waals surface area (Å²) in [6.45, 7) is 2.03. The van der Waals surface area contributed by atoms with Gasteiger partial charge in [-0.2, -0.15) is 0 Å². The molecule has 1 saturated carbocycles. The van der Waals surface area contributed by atoms with Crippen LogP contribution in [0.4, 0.5) is 5.69 Å². The summed E-state index contributed by atoms with van der Waals surface area (Å²) in [5.74, 6) is 0.676. The molecule has 2 aromatic rings. The minimum absolute atomic E-state index is 0.506. The maximum atomic E-state index is 6.10. The van der Waals surface area contributed by atoms with Crippen LogP contribution in [-0.4, -0.2) is 11.0 Å². The number of rotatable bonds is 3. The predicted octanol–water partition coefficient (Wildman–Crippen LogP) is 4.40. The predicted molar refractivity (Wildman–Crippen MR) is 79.8 cm³/mol. The Morgan fingerprint density at radius 3 is 2.68 bits per heavy atom. The number of aryl methyl sites for hydroxylation is 1. The highest BCUT2D eigenvalue weighted by Gasteiger charge is 2.30. The zero-order chi connectivity index (χ0) is 13.2. The molecule has 1 aliphatic carbocycles. The van der Waals surface area contributed by atoms with E-state index in [0.29, 0.717) is 17.1 Å². The molecule has 0 bridgehead atoms. The molecule has 0 unspecified atom stereocenters. The lowest BCUT2D eigenvalue weighted by Crippen LogP contribution is -2.34. The zero-order valence-corrected chi connectivity index (χ0v) is 11.7. The van der Waals surface area contributed by atoms with Crippen molar-refractivity contribution in [1.82, 2.24) is 4.98 Å². The number of nitrogens with zero attached hydrogens (tertiary/aromatic N) is 1. The monoisotopic (exact) mass is 272 g/mol. The Bertz CT molecular complexity index is 562. The Morgan fingerprint density at radius 2 is 1.95 bits per heavy atom.